The highest BCUT2D eigenvalue weighted by Crippen LogP contribution is 2.31. The first-order chi connectivity index (χ1) is 16.5. The SMILES string of the molecule is CCc1sc2nc(SCC(=O)c3c[nH]c4ccccc34)n(-c3cccc(OC)c3)c(=O)c2c1C. The Hall–Kier alpha value is -3.36. The molecule has 0 saturated heterocycles. The summed E-state index contributed by atoms with van der Waals surface area (Å²) >= 11 is 2.82. The Bertz CT molecular complexity index is 1600. The highest BCUT2D eigenvalue weighted by atomic mass is 32.2. The van der Waals surface area contributed by atoms with Crippen LogP contribution < -0.4 is 10.3 Å². The number of carbonyl (C=O) groups is 1. The van der Waals surface area contributed by atoms with Gasteiger partial charge < -0.3 is 9.72 Å². The Kier molecular flexibility index (Phi) is 6.02. The number of Topliss-reactive ketones (excluding diaryl/α,β-unsaturated/α-hetero) is 1. The minimum atomic E-state index is -0.131. The van der Waals surface area contributed by atoms with Gasteiger partial charge in [-0.15, -0.1) is 11.3 Å². The van der Waals surface area contributed by atoms with E-state index in [4.69, 9.17) is 9.72 Å². The van der Waals surface area contributed by atoms with E-state index in [9.17, 15) is 9.59 Å². The van der Waals surface area contributed by atoms with Gasteiger partial charge in [0.25, 0.3) is 5.56 Å². The Balaban J connectivity index is 1.60. The summed E-state index contributed by atoms with van der Waals surface area (Å²) in [6, 6.07) is 15.1. The van der Waals surface area contributed by atoms with Crippen molar-refractivity contribution in [2.24, 2.45) is 0 Å². The number of hydrogen-bond donors (Lipinski definition) is 1. The van der Waals surface area contributed by atoms with Crippen molar-refractivity contribution >= 4 is 50.0 Å². The fraction of sp³-hybridized carbons (Fsp3) is 0.192. The number of rotatable bonds is 7. The molecule has 0 aliphatic rings. The van der Waals surface area contributed by atoms with E-state index in [1.165, 1.54) is 11.8 Å². The summed E-state index contributed by atoms with van der Waals surface area (Å²) in [7, 11) is 1.59. The smallest absolute Gasteiger partial charge is 0.267 e. The molecular formula is C26H23N3O3S2. The van der Waals surface area contributed by atoms with Gasteiger partial charge in [0.1, 0.15) is 10.6 Å². The number of thioether (sulfide) groups is 1. The second kappa shape index (κ2) is 9.12. The maximum absolute atomic E-state index is 13.7. The molecule has 0 fully saturated rings. The van der Waals surface area contributed by atoms with Crippen LogP contribution in [0.15, 0.2) is 64.7 Å². The summed E-state index contributed by atoms with van der Waals surface area (Å²) in [5.41, 5.74) is 3.06. The van der Waals surface area contributed by atoms with Crippen molar-refractivity contribution in [2.75, 3.05) is 12.9 Å². The highest BCUT2D eigenvalue weighted by Gasteiger charge is 2.20. The summed E-state index contributed by atoms with van der Waals surface area (Å²) in [5.74, 6) is 0.784. The number of aromatic amines is 1. The second-order valence-electron chi connectivity index (χ2n) is 7.88. The molecule has 2 aromatic carbocycles. The van der Waals surface area contributed by atoms with E-state index in [0.29, 0.717) is 32.4 Å². The number of benzene rings is 2. The molecule has 0 atom stereocenters. The Morgan fingerprint density at radius 2 is 2.03 bits per heavy atom. The van der Waals surface area contributed by atoms with Crippen LogP contribution in [0.3, 0.4) is 0 Å². The van der Waals surface area contributed by atoms with Gasteiger partial charge in [0.2, 0.25) is 0 Å². The molecule has 0 bridgehead atoms. The molecule has 172 valence electrons. The third-order valence-electron chi connectivity index (χ3n) is 5.89. The normalized spacial score (nSPS) is 11.4. The first-order valence-corrected chi connectivity index (χ1v) is 12.7. The lowest BCUT2D eigenvalue weighted by Gasteiger charge is -2.13. The van der Waals surface area contributed by atoms with Gasteiger partial charge in [0, 0.05) is 33.6 Å². The molecule has 0 radical (unpaired) electrons. The predicted molar refractivity (Wildman–Crippen MR) is 139 cm³/mol. The molecule has 0 aliphatic carbocycles. The molecule has 3 heterocycles. The second-order valence-corrected chi connectivity index (χ2v) is 9.91. The molecule has 8 heteroatoms. The summed E-state index contributed by atoms with van der Waals surface area (Å²) in [5, 5.41) is 2.02. The topological polar surface area (TPSA) is 77.0 Å². The molecule has 0 spiro atoms. The number of fused-ring (bicyclic) bond motifs is 2. The van der Waals surface area contributed by atoms with Gasteiger partial charge in [-0.2, -0.15) is 0 Å². The maximum Gasteiger partial charge on any atom is 0.267 e. The van der Waals surface area contributed by atoms with E-state index < -0.39 is 0 Å². The number of H-pyrrole nitrogens is 1. The fourth-order valence-electron chi connectivity index (χ4n) is 4.13. The minimum Gasteiger partial charge on any atom is -0.497 e. The van der Waals surface area contributed by atoms with Crippen molar-refractivity contribution < 1.29 is 9.53 Å². The minimum absolute atomic E-state index is 0.0226. The van der Waals surface area contributed by atoms with E-state index in [1.807, 2.05) is 55.5 Å². The van der Waals surface area contributed by atoms with Crippen LogP contribution in [-0.4, -0.2) is 33.2 Å². The summed E-state index contributed by atoms with van der Waals surface area (Å²) in [4.78, 5) is 36.7. The van der Waals surface area contributed by atoms with Crippen LogP contribution in [0.25, 0.3) is 26.8 Å². The number of hydrogen-bond acceptors (Lipinski definition) is 6. The van der Waals surface area contributed by atoms with Gasteiger partial charge in [-0.05, 0) is 37.1 Å². The molecule has 0 aliphatic heterocycles. The fourth-order valence-corrected chi connectivity index (χ4v) is 6.19. The van der Waals surface area contributed by atoms with E-state index in [-0.39, 0.29) is 17.1 Å². The Morgan fingerprint density at radius 1 is 1.21 bits per heavy atom. The maximum atomic E-state index is 13.7. The number of nitrogens with one attached hydrogen (secondary N) is 1. The van der Waals surface area contributed by atoms with Crippen LogP contribution in [0.1, 0.15) is 27.7 Å². The lowest BCUT2D eigenvalue weighted by atomic mass is 10.1. The average Bonchev–Trinajstić information content (AvgIpc) is 3.43. The van der Waals surface area contributed by atoms with Gasteiger partial charge in [-0.25, -0.2) is 4.98 Å². The first-order valence-electron chi connectivity index (χ1n) is 10.9. The Labute approximate surface area is 204 Å². The number of methoxy groups -OCH3 is 1. The summed E-state index contributed by atoms with van der Waals surface area (Å²) in [6.07, 6.45) is 2.59. The zero-order chi connectivity index (χ0) is 23.8. The van der Waals surface area contributed by atoms with Crippen LogP contribution in [0.2, 0.25) is 0 Å². The molecule has 3 aromatic heterocycles. The van der Waals surface area contributed by atoms with E-state index in [1.54, 1.807) is 29.2 Å². The molecule has 0 saturated carbocycles. The van der Waals surface area contributed by atoms with E-state index in [0.717, 1.165) is 27.8 Å². The van der Waals surface area contributed by atoms with Crippen molar-refractivity contribution in [3.63, 3.8) is 0 Å². The number of ketones is 1. The van der Waals surface area contributed by atoms with Crippen molar-refractivity contribution in [3.8, 4) is 11.4 Å². The molecular weight excluding hydrogens is 466 g/mol. The number of nitrogens with zero attached hydrogens (tertiary/aromatic N) is 2. The molecule has 5 aromatic rings. The van der Waals surface area contributed by atoms with Crippen LogP contribution >= 0.6 is 23.1 Å². The van der Waals surface area contributed by atoms with E-state index in [2.05, 4.69) is 11.9 Å². The standard InChI is InChI=1S/C26H23N3O3S2/c1-4-22-15(2)23-24(34-22)28-26(29(25(23)31)16-8-7-9-17(12-16)32-3)33-14-21(30)19-13-27-20-11-6-5-10-18(19)20/h5-13,27H,4,14H2,1-3H3. The van der Waals surface area contributed by atoms with Crippen LogP contribution in [0, 0.1) is 6.92 Å². The van der Waals surface area contributed by atoms with Gasteiger partial charge >= 0.3 is 0 Å². The molecule has 34 heavy (non-hydrogen) atoms. The van der Waals surface area contributed by atoms with Crippen LogP contribution in [-0.2, 0) is 6.42 Å². The number of para-hydroxylation sites is 1. The van der Waals surface area contributed by atoms with E-state index >= 15 is 0 Å². The van der Waals surface area contributed by atoms with Crippen molar-refractivity contribution in [2.45, 2.75) is 25.4 Å². The third kappa shape index (κ3) is 3.82. The molecule has 0 amide bonds. The highest BCUT2D eigenvalue weighted by molar-refractivity contribution is 7.99. The largest absolute Gasteiger partial charge is 0.497 e. The van der Waals surface area contributed by atoms with Crippen molar-refractivity contribution in [1.29, 1.82) is 0 Å². The zero-order valence-electron chi connectivity index (χ0n) is 19.0. The quantitative estimate of drug-likeness (QED) is 0.178. The molecule has 6 nitrogen and oxygen atoms in total. The molecule has 5 rings (SSSR count). The lowest BCUT2D eigenvalue weighted by Crippen LogP contribution is -2.22. The number of carbonyl (C=O) groups excluding carboxylic acids is 1. The predicted octanol–water partition coefficient (Wildman–Crippen LogP) is 5.78. The van der Waals surface area contributed by atoms with Gasteiger partial charge in [0.05, 0.1) is 23.9 Å². The summed E-state index contributed by atoms with van der Waals surface area (Å²) < 4.78 is 6.97. The van der Waals surface area contributed by atoms with Gasteiger partial charge in [-0.3, -0.25) is 14.2 Å². The zero-order valence-corrected chi connectivity index (χ0v) is 20.7. The molecule has 1 N–H and O–H groups in total. The number of ether oxygens (including phenoxy) is 1. The monoisotopic (exact) mass is 489 g/mol. The first kappa shape index (κ1) is 22.4. The van der Waals surface area contributed by atoms with Crippen molar-refractivity contribution in [1.82, 2.24) is 14.5 Å². The van der Waals surface area contributed by atoms with Crippen molar-refractivity contribution in [3.05, 3.63) is 81.1 Å². The van der Waals surface area contributed by atoms with Gasteiger partial charge in [-0.1, -0.05) is 43.0 Å². The van der Waals surface area contributed by atoms with Crippen LogP contribution in [0.4, 0.5) is 0 Å². The Morgan fingerprint density at radius 3 is 2.82 bits per heavy atom. The average molecular weight is 490 g/mol. The lowest BCUT2D eigenvalue weighted by molar-refractivity contribution is 0.102. The van der Waals surface area contributed by atoms with Crippen LogP contribution in [0.5, 0.6) is 5.75 Å². The third-order valence-corrected chi connectivity index (χ3v) is 8.16. The van der Waals surface area contributed by atoms with Gasteiger partial charge in [0.15, 0.2) is 10.9 Å². The molecule has 0 unspecified atom stereocenters. The summed E-state index contributed by atoms with van der Waals surface area (Å²) in [6.45, 7) is 4.05. The number of aromatic nitrogens is 3. The number of thiophene rings is 1. The number of aryl methyl sites for hydroxylation is 2.